The number of carbonyl (C=O) groups excluding carboxylic acids is 2. The molecule has 4 rings (SSSR count). The number of aliphatic hydroxyl groups is 1. The Kier molecular flexibility index (Phi) is 4.63. The van der Waals surface area contributed by atoms with E-state index in [1.807, 2.05) is 6.07 Å². The van der Waals surface area contributed by atoms with E-state index >= 15 is 0 Å². The number of hydrogen-bond donors (Lipinski definition) is 1. The molecule has 1 aliphatic rings. The van der Waals surface area contributed by atoms with Crippen molar-refractivity contribution in [3.05, 3.63) is 92.6 Å². The van der Waals surface area contributed by atoms with Crippen molar-refractivity contribution in [2.75, 3.05) is 4.90 Å². The van der Waals surface area contributed by atoms with E-state index in [1.165, 1.54) is 16.2 Å². The molecule has 0 aliphatic carbocycles. The molecule has 0 saturated heterocycles. The van der Waals surface area contributed by atoms with Crippen LogP contribution in [-0.2, 0) is 4.79 Å². The molecule has 0 spiro atoms. The first-order chi connectivity index (χ1) is 13.1. The Labute approximate surface area is 167 Å². The van der Waals surface area contributed by atoms with Crippen LogP contribution >= 0.6 is 27.3 Å². The number of aliphatic hydroxyl groups excluding tert-OH is 1. The van der Waals surface area contributed by atoms with Gasteiger partial charge in [-0.2, -0.15) is 0 Å². The lowest BCUT2D eigenvalue weighted by Gasteiger charge is -2.26. The zero-order valence-electron chi connectivity index (χ0n) is 13.9. The normalized spacial score (nSPS) is 16.9. The molecule has 2 aromatic heterocycles. The first-order valence-corrected chi connectivity index (χ1v) is 9.75. The summed E-state index contributed by atoms with van der Waals surface area (Å²) in [5.74, 6) is -1.49. The fourth-order valence-electron chi connectivity index (χ4n) is 3.12. The molecule has 3 aromatic rings. The minimum atomic E-state index is -0.755. The maximum absolute atomic E-state index is 13.1. The molecule has 1 N–H and O–H groups in total. The molecule has 1 amide bonds. The van der Waals surface area contributed by atoms with Gasteiger partial charge in [0.25, 0.3) is 5.91 Å². The second kappa shape index (κ2) is 7.09. The second-order valence-electron chi connectivity index (χ2n) is 5.91. The first kappa shape index (κ1) is 17.6. The Bertz CT molecular complexity index is 1050. The number of aromatic nitrogens is 1. The highest BCUT2D eigenvalue weighted by molar-refractivity contribution is 9.10. The van der Waals surface area contributed by atoms with Gasteiger partial charge in [0, 0.05) is 22.6 Å². The van der Waals surface area contributed by atoms with Gasteiger partial charge in [-0.25, -0.2) is 0 Å². The van der Waals surface area contributed by atoms with Crippen molar-refractivity contribution in [1.29, 1.82) is 0 Å². The number of benzene rings is 1. The lowest BCUT2D eigenvalue weighted by Crippen LogP contribution is -2.31. The maximum Gasteiger partial charge on any atom is 0.294 e. The Morgan fingerprint density at radius 3 is 2.70 bits per heavy atom. The van der Waals surface area contributed by atoms with Crippen molar-refractivity contribution >= 4 is 44.6 Å². The van der Waals surface area contributed by atoms with Gasteiger partial charge in [0.05, 0.1) is 16.5 Å². The quantitative estimate of drug-likeness (QED) is 0.597. The number of rotatable bonds is 4. The lowest BCUT2D eigenvalue weighted by molar-refractivity contribution is -0.117. The highest BCUT2D eigenvalue weighted by Gasteiger charge is 2.44. The van der Waals surface area contributed by atoms with E-state index in [0.29, 0.717) is 16.1 Å². The van der Waals surface area contributed by atoms with Crippen LogP contribution in [0.2, 0.25) is 0 Å². The van der Waals surface area contributed by atoms with Crippen LogP contribution in [0.25, 0.3) is 0 Å². The van der Waals surface area contributed by atoms with Crippen LogP contribution < -0.4 is 4.90 Å². The molecule has 3 heterocycles. The highest BCUT2D eigenvalue weighted by Crippen LogP contribution is 2.42. The van der Waals surface area contributed by atoms with Crippen molar-refractivity contribution in [2.24, 2.45) is 0 Å². The number of halogens is 1. The van der Waals surface area contributed by atoms with Crippen LogP contribution in [0.4, 0.5) is 5.69 Å². The van der Waals surface area contributed by atoms with E-state index in [4.69, 9.17) is 0 Å². The summed E-state index contributed by atoms with van der Waals surface area (Å²) in [6.07, 6.45) is 3.22. The molecule has 1 aliphatic heterocycles. The molecule has 0 saturated carbocycles. The number of pyridine rings is 1. The minimum Gasteiger partial charge on any atom is -0.503 e. The third-order valence-corrected chi connectivity index (χ3v) is 5.65. The Hall–Kier alpha value is -2.77. The van der Waals surface area contributed by atoms with Crippen molar-refractivity contribution < 1.29 is 14.7 Å². The molecule has 0 bridgehead atoms. The summed E-state index contributed by atoms with van der Waals surface area (Å²) in [6, 6.07) is 13.4. The van der Waals surface area contributed by atoms with Gasteiger partial charge in [-0.1, -0.05) is 34.1 Å². The van der Waals surface area contributed by atoms with Gasteiger partial charge >= 0.3 is 0 Å². The van der Waals surface area contributed by atoms with Gasteiger partial charge in [0.2, 0.25) is 5.78 Å². The number of thiophene rings is 1. The number of carbonyl (C=O) groups is 2. The summed E-state index contributed by atoms with van der Waals surface area (Å²) >= 11 is 4.67. The van der Waals surface area contributed by atoms with E-state index in [0.717, 1.165) is 4.47 Å². The zero-order valence-corrected chi connectivity index (χ0v) is 16.3. The topological polar surface area (TPSA) is 70.5 Å². The van der Waals surface area contributed by atoms with Gasteiger partial charge in [-0.3, -0.25) is 19.5 Å². The third-order valence-electron chi connectivity index (χ3n) is 4.28. The summed E-state index contributed by atoms with van der Waals surface area (Å²) in [6.45, 7) is 0. The van der Waals surface area contributed by atoms with Gasteiger partial charge in [-0.15, -0.1) is 11.3 Å². The molecule has 1 atom stereocenters. The van der Waals surface area contributed by atoms with Crippen LogP contribution in [0, 0.1) is 0 Å². The predicted octanol–water partition coefficient (Wildman–Crippen LogP) is 4.69. The smallest absolute Gasteiger partial charge is 0.294 e. The molecule has 0 radical (unpaired) electrons. The lowest BCUT2D eigenvalue weighted by atomic mass is 9.96. The summed E-state index contributed by atoms with van der Waals surface area (Å²) in [7, 11) is 0. The van der Waals surface area contributed by atoms with E-state index < -0.39 is 17.7 Å². The Balaban J connectivity index is 1.89. The average molecular weight is 441 g/mol. The standard InChI is InChI=1S/C20H13BrN2O3S/c21-13-5-1-6-14(10-13)23-17(12-4-2-8-22-11-12)16(19(25)20(23)26)18(24)15-7-3-9-27-15/h1-11,17,25H. The number of Topliss-reactive ketones (excluding diaryl/α,β-unsaturated/α-hetero) is 1. The number of anilines is 1. The van der Waals surface area contributed by atoms with Crippen LogP contribution in [0.1, 0.15) is 21.3 Å². The molecular weight excluding hydrogens is 428 g/mol. The van der Waals surface area contributed by atoms with E-state index in [9.17, 15) is 14.7 Å². The summed E-state index contributed by atoms with van der Waals surface area (Å²) < 4.78 is 0.787. The third kappa shape index (κ3) is 3.09. The van der Waals surface area contributed by atoms with Gasteiger partial charge < -0.3 is 5.11 Å². The predicted molar refractivity (Wildman–Crippen MR) is 107 cm³/mol. The molecular formula is C20H13BrN2O3S. The first-order valence-electron chi connectivity index (χ1n) is 8.08. The van der Waals surface area contributed by atoms with Crippen LogP contribution in [-0.4, -0.2) is 21.8 Å². The summed E-state index contributed by atoms with van der Waals surface area (Å²) in [4.78, 5) is 32.0. The monoisotopic (exact) mass is 440 g/mol. The molecule has 134 valence electrons. The maximum atomic E-state index is 13.1. The number of ketones is 1. The molecule has 7 heteroatoms. The van der Waals surface area contributed by atoms with Gasteiger partial charge in [0.1, 0.15) is 0 Å². The van der Waals surface area contributed by atoms with Crippen LogP contribution in [0.3, 0.4) is 0 Å². The summed E-state index contributed by atoms with van der Waals surface area (Å²) in [5, 5.41) is 12.4. The summed E-state index contributed by atoms with van der Waals surface area (Å²) in [5.41, 5.74) is 1.29. The Morgan fingerprint density at radius 2 is 2.04 bits per heavy atom. The van der Waals surface area contributed by atoms with Crippen molar-refractivity contribution in [1.82, 2.24) is 4.98 Å². The van der Waals surface area contributed by atoms with Crippen molar-refractivity contribution in [2.45, 2.75) is 6.04 Å². The SMILES string of the molecule is O=C(C1=C(O)C(=O)N(c2cccc(Br)c2)C1c1cccnc1)c1cccs1. The average Bonchev–Trinajstić information content (AvgIpc) is 3.30. The molecule has 1 aromatic carbocycles. The van der Waals surface area contributed by atoms with Crippen molar-refractivity contribution in [3.8, 4) is 0 Å². The molecule has 0 fully saturated rings. The number of hydrogen-bond acceptors (Lipinski definition) is 5. The van der Waals surface area contributed by atoms with E-state index in [2.05, 4.69) is 20.9 Å². The molecule has 5 nitrogen and oxygen atoms in total. The Morgan fingerprint density at radius 1 is 1.19 bits per heavy atom. The van der Waals surface area contributed by atoms with E-state index in [-0.39, 0.29) is 11.4 Å². The molecule has 1 unspecified atom stereocenters. The number of amides is 1. The van der Waals surface area contributed by atoms with E-state index in [1.54, 1.807) is 60.2 Å². The molecule has 27 heavy (non-hydrogen) atoms. The second-order valence-corrected chi connectivity index (χ2v) is 7.78. The highest BCUT2D eigenvalue weighted by atomic mass is 79.9. The zero-order chi connectivity index (χ0) is 19.0. The van der Waals surface area contributed by atoms with Crippen molar-refractivity contribution in [3.63, 3.8) is 0 Å². The number of nitrogens with zero attached hydrogens (tertiary/aromatic N) is 2. The fourth-order valence-corrected chi connectivity index (χ4v) is 4.19. The fraction of sp³-hybridized carbons (Fsp3) is 0.0500. The van der Waals surface area contributed by atoms with Gasteiger partial charge in [0.15, 0.2) is 5.76 Å². The largest absolute Gasteiger partial charge is 0.503 e. The van der Waals surface area contributed by atoms with Gasteiger partial charge in [-0.05, 0) is 41.3 Å². The minimum absolute atomic E-state index is 0.0652. The van der Waals surface area contributed by atoms with Crippen LogP contribution in [0.5, 0.6) is 0 Å². The van der Waals surface area contributed by atoms with Crippen LogP contribution in [0.15, 0.2) is 82.1 Å².